The third kappa shape index (κ3) is 4.82. The molecule has 0 bridgehead atoms. The number of amides is 1. The van der Waals surface area contributed by atoms with Gasteiger partial charge in [0.2, 0.25) is 0 Å². The van der Waals surface area contributed by atoms with Crippen molar-refractivity contribution >= 4 is 46.4 Å². The van der Waals surface area contributed by atoms with E-state index in [9.17, 15) is 9.18 Å². The van der Waals surface area contributed by atoms with Crippen molar-refractivity contribution in [3.05, 3.63) is 62.8 Å². The standard InChI is InChI=1S/C16H14Cl3FN2O/c1-9(10-6-14(20)13(19)7-12(10)18)21-8-16(23)22-15-5-3-2-4-11(15)17/h2-7,9,21H,8H2,1H3,(H,22,23)/p+1/t9-/m0/s1. The lowest BCUT2D eigenvalue weighted by atomic mass is 10.1. The average Bonchev–Trinajstić information content (AvgIpc) is 2.51. The number of nitrogens with two attached hydrogens (primary N) is 1. The van der Waals surface area contributed by atoms with E-state index in [4.69, 9.17) is 34.8 Å². The Labute approximate surface area is 148 Å². The molecule has 0 heterocycles. The van der Waals surface area contributed by atoms with Crippen molar-refractivity contribution in [1.29, 1.82) is 0 Å². The Kier molecular flexibility index (Phi) is 6.25. The Hall–Kier alpha value is -1.33. The maximum absolute atomic E-state index is 13.6. The lowest BCUT2D eigenvalue weighted by Crippen LogP contribution is -2.86. The normalized spacial score (nSPS) is 12.0. The van der Waals surface area contributed by atoms with Crippen molar-refractivity contribution < 1.29 is 14.5 Å². The van der Waals surface area contributed by atoms with Crippen molar-refractivity contribution in [1.82, 2.24) is 0 Å². The highest BCUT2D eigenvalue weighted by Gasteiger charge is 2.17. The first kappa shape index (κ1) is 18.0. The number of hydrogen-bond acceptors (Lipinski definition) is 1. The van der Waals surface area contributed by atoms with Crippen LogP contribution in [0, 0.1) is 5.82 Å². The third-order valence-corrected chi connectivity index (χ3v) is 4.28. The van der Waals surface area contributed by atoms with E-state index < -0.39 is 5.82 Å². The topological polar surface area (TPSA) is 45.7 Å². The van der Waals surface area contributed by atoms with Crippen LogP contribution in [0.5, 0.6) is 0 Å². The summed E-state index contributed by atoms with van der Waals surface area (Å²) in [5, 5.41) is 5.28. The van der Waals surface area contributed by atoms with E-state index >= 15 is 0 Å². The predicted molar refractivity (Wildman–Crippen MR) is 91.7 cm³/mol. The van der Waals surface area contributed by atoms with E-state index in [0.717, 1.165) is 0 Å². The van der Waals surface area contributed by atoms with Gasteiger partial charge < -0.3 is 10.6 Å². The summed E-state index contributed by atoms with van der Waals surface area (Å²) in [5.74, 6) is -0.748. The van der Waals surface area contributed by atoms with Crippen LogP contribution in [0.25, 0.3) is 0 Å². The van der Waals surface area contributed by atoms with Crippen LogP contribution < -0.4 is 10.6 Å². The van der Waals surface area contributed by atoms with Gasteiger partial charge in [0.25, 0.3) is 5.91 Å². The van der Waals surface area contributed by atoms with Gasteiger partial charge in [-0.05, 0) is 31.2 Å². The summed E-state index contributed by atoms with van der Waals surface area (Å²) in [6.45, 7) is 1.98. The van der Waals surface area contributed by atoms with Crippen molar-refractivity contribution in [3.8, 4) is 0 Å². The van der Waals surface area contributed by atoms with E-state index in [1.165, 1.54) is 12.1 Å². The Bertz CT molecular complexity index is 724. The number of carbonyl (C=O) groups is 1. The molecule has 2 aromatic carbocycles. The summed E-state index contributed by atoms with van der Waals surface area (Å²) in [7, 11) is 0. The molecule has 7 heteroatoms. The van der Waals surface area contributed by atoms with E-state index in [1.807, 2.05) is 6.92 Å². The molecule has 0 radical (unpaired) electrons. The minimum absolute atomic E-state index is 0.0255. The molecule has 0 saturated heterocycles. The highest BCUT2D eigenvalue weighted by molar-refractivity contribution is 6.35. The average molecular weight is 377 g/mol. The molecule has 122 valence electrons. The van der Waals surface area contributed by atoms with Crippen molar-refractivity contribution in [2.45, 2.75) is 13.0 Å². The second-order valence-corrected chi connectivity index (χ2v) is 6.27. The molecule has 2 rings (SSSR count). The smallest absolute Gasteiger partial charge is 0.279 e. The van der Waals surface area contributed by atoms with Gasteiger partial charge in [-0.25, -0.2) is 4.39 Å². The second-order valence-electron chi connectivity index (χ2n) is 5.04. The van der Waals surface area contributed by atoms with Crippen molar-refractivity contribution in [2.24, 2.45) is 0 Å². The van der Waals surface area contributed by atoms with E-state index in [0.29, 0.717) is 21.3 Å². The summed E-state index contributed by atoms with van der Waals surface area (Å²) in [6.07, 6.45) is 0. The van der Waals surface area contributed by atoms with E-state index in [-0.39, 0.29) is 23.5 Å². The monoisotopic (exact) mass is 375 g/mol. The number of quaternary nitrogens is 1. The van der Waals surface area contributed by atoms with Gasteiger partial charge in [-0.15, -0.1) is 0 Å². The zero-order valence-corrected chi connectivity index (χ0v) is 14.5. The molecule has 0 aliphatic rings. The number of rotatable bonds is 5. The van der Waals surface area contributed by atoms with Gasteiger partial charge in [0.05, 0.1) is 20.8 Å². The highest BCUT2D eigenvalue weighted by Crippen LogP contribution is 2.27. The quantitative estimate of drug-likeness (QED) is 0.760. The summed E-state index contributed by atoms with van der Waals surface area (Å²) < 4.78 is 13.6. The predicted octanol–water partition coefficient (Wildman–Crippen LogP) is 4.05. The van der Waals surface area contributed by atoms with Crippen LogP contribution in [0.1, 0.15) is 18.5 Å². The third-order valence-electron chi connectivity index (χ3n) is 3.33. The van der Waals surface area contributed by atoms with Crippen molar-refractivity contribution in [2.75, 3.05) is 11.9 Å². The molecule has 3 nitrogen and oxygen atoms in total. The fourth-order valence-corrected chi connectivity index (χ4v) is 2.80. The Morgan fingerprint density at radius 2 is 1.87 bits per heavy atom. The second kappa shape index (κ2) is 7.97. The van der Waals surface area contributed by atoms with Crippen LogP contribution in [0.3, 0.4) is 0 Å². The number of halogens is 4. The number of para-hydroxylation sites is 1. The molecule has 0 unspecified atom stereocenters. The molecule has 0 fully saturated rings. The fourth-order valence-electron chi connectivity index (χ4n) is 2.06. The lowest BCUT2D eigenvalue weighted by Gasteiger charge is -2.13. The molecule has 0 saturated carbocycles. The van der Waals surface area contributed by atoms with Gasteiger partial charge in [0.1, 0.15) is 11.9 Å². The van der Waals surface area contributed by atoms with Crippen LogP contribution >= 0.6 is 34.8 Å². The first-order valence-electron chi connectivity index (χ1n) is 6.90. The molecule has 0 aromatic heterocycles. The number of carbonyl (C=O) groups excluding carboxylic acids is 1. The van der Waals surface area contributed by atoms with Gasteiger partial charge in [-0.1, -0.05) is 46.9 Å². The molecule has 0 aliphatic heterocycles. The zero-order chi connectivity index (χ0) is 17.0. The summed E-state index contributed by atoms with van der Waals surface area (Å²) in [6, 6.07) is 9.42. The summed E-state index contributed by atoms with van der Waals surface area (Å²) >= 11 is 17.7. The molecule has 2 aromatic rings. The van der Waals surface area contributed by atoms with Crippen LogP contribution in [0.15, 0.2) is 36.4 Å². The minimum atomic E-state index is -0.535. The summed E-state index contributed by atoms with van der Waals surface area (Å²) in [4.78, 5) is 12.0. The largest absolute Gasteiger partial charge is 0.332 e. The number of nitrogens with one attached hydrogen (secondary N) is 1. The number of anilines is 1. The van der Waals surface area contributed by atoms with Crippen molar-refractivity contribution in [3.63, 3.8) is 0 Å². The molecule has 23 heavy (non-hydrogen) atoms. The molecule has 0 aliphatic carbocycles. The van der Waals surface area contributed by atoms with E-state index in [1.54, 1.807) is 29.6 Å². The lowest BCUT2D eigenvalue weighted by molar-refractivity contribution is -0.682. The van der Waals surface area contributed by atoms with Gasteiger partial charge >= 0.3 is 0 Å². The van der Waals surface area contributed by atoms with Crippen LogP contribution in [0.2, 0.25) is 15.1 Å². The van der Waals surface area contributed by atoms with Crippen LogP contribution in [0.4, 0.5) is 10.1 Å². The SMILES string of the molecule is C[C@H]([NH2+]CC(=O)Nc1ccccc1Cl)c1cc(F)c(Cl)cc1Cl. The molecular formula is C16H15Cl3FN2O+. The molecular weight excluding hydrogens is 362 g/mol. The van der Waals surface area contributed by atoms with Crippen LogP contribution in [-0.2, 0) is 4.79 Å². The minimum Gasteiger partial charge on any atom is -0.332 e. The van der Waals surface area contributed by atoms with Gasteiger partial charge in [-0.2, -0.15) is 0 Å². The summed E-state index contributed by atoms with van der Waals surface area (Å²) in [5.41, 5.74) is 1.13. The Morgan fingerprint density at radius 3 is 2.57 bits per heavy atom. The number of hydrogen-bond donors (Lipinski definition) is 2. The van der Waals surface area contributed by atoms with Gasteiger partial charge in [-0.3, -0.25) is 4.79 Å². The van der Waals surface area contributed by atoms with Gasteiger partial charge in [0, 0.05) is 5.56 Å². The molecule has 0 spiro atoms. The zero-order valence-electron chi connectivity index (χ0n) is 12.2. The maximum atomic E-state index is 13.6. The molecule has 1 atom stereocenters. The Balaban J connectivity index is 1.96. The fraction of sp³-hybridized carbons (Fsp3) is 0.188. The number of benzene rings is 2. The van der Waals surface area contributed by atoms with Crippen LogP contribution in [-0.4, -0.2) is 12.5 Å². The Morgan fingerprint density at radius 1 is 1.17 bits per heavy atom. The maximum Gasteiger partial charge on any atom is 0.279 e. The first-order chi connectivity index (χ1) is 10.9. The highest BCUT2D eigenvalue weighted by atomic mass is 35.5. The molecule has 3 N–H and O–H groups in total. The van der Waals surface area contributed by atoms with E-state index in [2.05, 4.69) is 5.32 Å². The van der Waals surface area contributed by atoms with Gasteiger partial charge in [0.15, 0.2) is 6.54 Å². The first-order valence-corrected chi connectivity index (χ1v) is 8.04. The molecule has 1 amide bonds.